The summed E-state index contributed by atoms with van der Waals surface area (Å²) in [5.74, 6) is 0. The van der Waals surface area contributed by atoms with Gasteiger partial charge in [-0.1, -0.05) is 18.2 Å². The fraction of sp³-hybridized carbons (Fsp3) is 0. The van der Waals surface area contributed by atoms with Crippen LogP contribution in [0.2, 0.25) is 0 Å². The van der Waals surface area contributed by atoms with Crippen LogP contribution >= 0.6 is 11.6 Å². The molecule has 0 heterocycles. The molecule has 26 valence electrons. The van der Waals surface area contributed by atoms with Gasteiger partial charge in [-0.25, -0.2) is 0 Å². The Bertz CT molecular complexity index is 15.1. The van der Waals surface area contributed by atoms with Crippen molar-refractivity contribution in [3.8, 4) is 0 Å². The van der Waals surface area contributed by atoms with Gasteiger partial charge in [0.25, 0.3) is 0 Å². The first-order valence-electron chi connectivity index (χ1n) is 0.626. The van der Waals surface area contributed by atoms with E-state index < -0.39 is 0 Å². The predicted molar refractivity (Wildman–Crippen MR) is 16.1 cm³/mol. The van der Waals surface area contributed by atoms with Crippen molar-refractivity contribution in [2.24, 2.45) is 0 Å². The maximum Gasteiger partial charge on any atom is 1.00 e. The van der Waals surface area contributed by atoms with Gasteiger partial charge in [0.2, 0.25) is 0 Å². The Morgan fingerprint density at radius 1 is 1.60 bits per heavy atom. The van der Waals surface area contributed by atoms with E-state index in [4.69, 9.17) is 11.6 Å². The van der Waals surface area contributed by atoms with Gasteiger partial charge >= 0.3 is 29.6 Å². The standard InChI is InChI=1S/C2H3Cl.ClH.Na/c1-2-3;;/h2H,1H2;1H;/q;;+1/p-1. The first-order chi connectivity index (χ1) is 1.41. The van der Waals surface area contributed by atoms with Crippen LogP contribution in [-0.4, -0.2) is 0 Å². The second-order valence-corrected chi connectivity index (χ2v) is 0.463. The zero-order valence-corrected chi connectivity index (χ0v) is 6.55. The first kappa shape index (κ1) is 16.2. The van der Waals surface area contributed by atoms with Crippen LogP contribution in [0.4, 0.5) is 0 Å². The molecule has 0 atom stereocenters. The summed E-state index contributed by atoms with van der Waals surface area (Å²) in [6.07, 6.45) is 0. The van der Waals surface area contributed by atoms with E-state index in [1.54, 1.807) is 0 Å². The largest absolute Gasteiger partial charge is 1.00 e. The molecule has 0 N–H and O–H groups in total. The molecule has 0 aromatic carbocycles. The van der Waals surface area contributed by atoms with Crippen molar-refractivity contribution in [2.45, 2.75) is 0 Å². The van der Waals surface area contributed by atoms with Gasteiger partial charge in [-0.05, 0) is 5.54 Å². The number of halogens is 2. The fourth-order valence-corrected chi connectivity index (χ4v) is 0. The molecule has 5 heavy (non-hydrogen) atoms. The van der Waals surface area contributed by atoms with Crippen molar-refractivity contribution in [1.82, 2.24) is 0 Å². The zero-order chi connectivity index (χ0) is 2.71. The van der Waals surface area contributed by atoms with E-state index in [-0.39, 0.29) is 42.0 Å². The minimum atomic E-state index is 0. The van der Waals surface area contributed by atoms with Crippen molar-refractivity contribution in [3.05, 3.63) is 12.1 Å². The number of hydrogen-bond donors (Lipinski definition) is 0. The van der Waals surface area contributed by atoms with Crippen molar-refractivity contribution >= 4 is 11.6 Å². The van der Waals surface area contributed by atoms with Gasteiger partial charge in [0.15, 0.2) is 0 Å². The average Bonchev–Trinajstić information content (AvgIpc) is 0.918. The maximum atomic E-state index is 4.76. The Hall–Kier alpha value is 1.32. The number of hydrogen-bond acceptors (Lipinski definition) is 0. The summed E-state index contributed by atoms with van der Waals surface area (Å²) in [5.41, 5.74) is 1.22. The number of rotatable bonds is 0. The van der Waals surface area contributed by atoms with E-state index in [0.717, 1.165) is 0 Å². The van der Waals surface area contributed by atoms with Crippen molar-refractivity contribution < 1.29 is 42.0 Å². The minimum absolute atomic E-state index is 0. The van der Waals surface area contributed by atoms with E-state index in [1.807, 2.05) is 0 Å². The summed E-state index contributed by atoms with van der Waals surface area (Å²) in [4.78, 5) is 0. The molecule has 0 rings (SSSR count). The molecule has 0 spiro atoms. The second kappa shape index (κ2) is 18.4. The summed E-state index contributed by atoms with van der Waals surface area (Å²) in [6.45, 7) is 3.13. The molecule has 3 heteroatoms. The van der Waals surface area contributed by atoms with Gasteiger partial charge < -0.3 is 12.4 Å². The maximum absolute atomic E-state index is 4.76. The van der Waals surface area contributed by atoms with E-state index in [9.17, 15) is 0 Å². The molecule has 0 aromatic heterocycles. The molecule has 0 fully saturated rings. The third-order valence-electron chi connectivity index (χ3n) is 0. The third-order valence-corrected chi connectivity index (χ3v) is 0. The van der Waals surface area contributed by atoms with Gasteiger partial charge in [0.05, 0.1) is 0 Å². The summed E-state index contributed by atoms with van der Waals surface area (Å²) < 4.78 is 0. The van der Waals surface area contributed by atoms with Crippen LogP contribution in [0.1, 0.15) is 0 Å². The normalized spacial score (nSPS) is 2.60. The molecule has 0 nitrogen and oxygen atoms in total. The molecule has 0 saturated heterocycles. The van der Waals surface area contributed by atoms with E-state index in [0.29, 0.717) is 0 Å². The zero-order valence-electron chi connectivity index (χ0n) is 3.04. The summed E-state index contributed by atoms with van der Waals surface area (Å²) >= 11 is 4.76. The molecular formula is C2H3Cl2Na. The molecule has 0 saturated carbocycles. The Balaban J connectivity index is -0.0000000200. The van der Waals surface area contributed by atoms with Gasteiger partial charge in [0, 0.05) is 0 Å². The Morgan fingerprint density at radius 3 is 1.60 bits per heavy atom. The summed E-state index contributed by atoms with van der Waals surface area (Å²) in [5, 5.41) is 0. The average molecular weight is 121 g/mol. The van der Waals surface area contributed by atoms with Gasteiger partial charge in [-0.3, -0.25) is 0 Å². The Kier molecular flexibility index (Phi) is 59.9. The molecular weight excluding hydrogens is 118 g/mol. The topological polar surface area (TPSA) is 0 Å². The van der Waals surface area contributed by atoms with E-state index in [1.165, 1.54) is 5.54 Å². The van der Waals surface area contributed by atoms with Crippen LogP contribution in [0.5, 0.6) is 0 Å². The smallest absolute Gasteiger partial charge is 1.00 e. The summed E-state index contributed by atoms with van der Waals surface area (Å²) in [7, 11) is 0. The van der Waals surface area contributed by atoms with Gasteiger partial charge in [0.1, 0.15) is 0 Å². The van der Waals surface area contributed by atoms with Crippen LogP contribution in [0.3, 0.4) is 0 Å². The van der Waals surface area contributed by atoms with E-state index >= 15 is 0 Å². The van der Waals surface area contributed by atoms with Crippen molar-refractivity contribution in [2.75, 3.05) is 0 Å². The monoisotopic (exact) mass is 120 g/mol. The Labute approximate surface area is 65.3 Å². The summed E-state index contributed by atoms with van der Waals surface area (Å²) in [6, 6.07) is 0. The molecule has 0 bridgehead atoms. The van der Waals surface area contributed by atoms with Gasteiger partial charge in [-0.15, -0.1) is 0 Å². The van der Waals surface area contributed by atoms with Crippen molar-refractivity contribution in [1.29, 1.82) is 0 Å². The molecule has 0 aliphatic rings. The molecule has 0 aliphatic heterocycles. The molecule has 0 radical (unpaired) electrons. The molecule has 0 unspecified atom stereocenters. The molecule has 0 aliphatic carbocycles. The Morgan fingerprint density at radius 2 is 1.60 bits per heavy atom. The SMILES string of the molecule is C=CCl.[Cl-].[Na+]. The second-order valence-electron chi connectivity index (χ2n) is 0.154. The van der Waals surface area contributed by atoms with Crippen LogP contribution < -0.4 is 42.0 Å². The quantitative estimate of drug-likeness (QED) is 0.283. The van der Waals surface area contributed by atoms with Crippen LogP contribution in [-0.2, 0) is 0 Å². The van der Waals surface area contributed by atoms with Crippen LogP contribution in [0, 0.1) is 0 Å². The molecule has 0 amide bonds. The van der Waals surface area contributed by atoms with E-state index in [2.05, 4.69) is 6.58 Å². The predicted octanol–water partition coefficient (Wildman–Crippen LogP) is -4.62. The fourth-order valence-electron chi connectivity index (χ4n) is 0. The van der Waals surface area contributed by atoms with Crippen LogP contribution in [0.15, 0.2) is 12.1 Å². The van der Waals surface area contributed by atoms with Crippen LogP contribution in [0.25, 0.3) is 0 Å². The van der Waals surface area contributed by atoms with Crippen molar-refractivity contribution in [3.63, 3.8) is 0 Å². The first-order valence-corrected chi connectivity index (χ1v) is 1.06. The van der Waals surface area contributed by atoms with Gasteiger partial charge in [-0.2, -0.15) is 0 Å². The minimum Gasteiger partial charge on any atom is -1.00 e. The third kappa shape index (κ3) is 33.7. The molecule has 0 aromatic rings.